The Morgan fingerprint density at radius 2 is 2.24 bits per heavy atom. The molecule has 0 spiro atoms. The fourth-order valence-electron chi connectivity index (χ4n) is 1.66. The third-order valence-corrected chi connectivity index (χ3v) is 3.01. The summed E-state index contributed by atoms with van der Waals surface area (Å²) in [5, 5.41) is 25.4. The van der Waals surface area contributed by atoms with E-state index in [1.165, 1.54) is 18.2 Å². The van der Waals surface area contributed by atoms with E-state index in [9.17, 15) is 14.9 Å². The van der Waals surface area contributed by atoms with Crippen molar-refractivity contribution in [1.29, 1.82) is 5.26 Å². The average Bonchev–Trinajstić information content (AvgIpc) is 2.47. The van der Waals surface area contributed by atoms with Gasteiger partial charge in [-0.2, -0.15) is 5.26 Å². The summed E-state index contributed by atoms with van der Waals surface area (Å²) in [6.45, 7) is 4.18. The Balaban J connectivity index is 2.62. The minimum Gasteiger partial charge on any atom is -0.379 e. The van der Waals surface area contributed by atoms with Gasteiger partial charge in [0.2, 0.25) is 5.91 Å². The molecule has 0 aliphatic heterocycles. The van der Waals surface area contributed by atoms with Crippen LogP contribution in [0.2, 0.25) is 0 Å². The second kappa shape index (κ2) is 7.85. The lowest BCUT2D eigenvalue weighted by Gasteiger charge is -2.12. The molecule has 0 bridgehead atoms. The number of carbonyl (C=O) groups excluding carboxylic acids is 1. The van der Waals surface area contributed by atoms with Gasteiger partial charge in [-0.15, -0.1) is 0 Å². The van der Waals surface area contributed by atoms with Gasteiger partial charge in [0.05, 0.1) is 16.6 Å². The SMILES string of the molecule is CCC(C)NC(=O)CCNc1ccc(C#N)cc1[N+](=O)[O-]. The second-order valence-electron chi connectivity index (χ2n) is 4.65. The molecule has 1 unspecified atom stereocenters. The average molecular weight is 290 g/mol. The van der Waals surface area contributed by atoms with Crippen LogP contribution >= 0.6 is 0 Å². The first-order chi connectivity index (χ1) is 9.97. The van der Waals surface area contributed by atoms with E-state index in [0.717, 1.165) is 6.42 Å². The molecule has 7 nitrogen and oxygen atoms in total. The fourth-order valence-corrected chi connectivity index (χ4v) is 1.66. The molecular formula is C14H18N4O3. The van der Waals surface area contributed by atoms with E-state index in [0.29, 0.717) is 5.69 Å². The third kappa shape index (κ3) is 5.10. The van der Waals surface area contributed by atoms with Gasteiger partial charge in [0.15, 0.2) is 0 Å². The van der Waals surface area contributed by atoms with Gasteiger partial charge in [-0.1, -0.05) is 6.92 Å². The zero-order chi connectivity index (χ0) is 15.8. The van der Waals surface area contributed by atoms with Crippen molar-refractivity contribution in [3.05, 3.63) is 33.9 Å². The minimum absolute atomic E-state index is 0.104. The van der Waals surface area contributed by atoms with Crippen LogP contribution in [0.5, 0.6) is 0 Å². The van der Waals surface area contributed by atoms with Crippen LogP contribution in [0.25, 0.3) is 0 Å². The van der Waals surface area contributed by atoms with Crippen LogP contribution < -0.4 is 10.6 Å². The zero-order valence-electron chi connectivity index (χ0n) is 12.0. The van der Waals surface area contributed by atoms with E-state index in [2.05, 4.69) is 10.6 Å². The predicted molar refractivity (Wildman–Crippen MR) is 78.8 cm³/mol. The van der Waals surface area contributed by atoms with Crippen molar-refractivity contribution in [2.45, 2.75) is 32.7 Å². The van der Waals surface area contributed by atoms with Crippen molar-refractivity contribution in [3.63, 3.8) is 0 Å². The van der Waals surface area contributed by atoms with E-state index in [1.807, 2.05) is 19.9 Å². The quantitative estimate of drug-likeness (QED) is 0.591. The van der Waals surface area contributed by atoms with Crippen LogP contribution in [0.3, 0.4) is 0 Å². The number of benzene rings is 1. The number of anilines is 1. The Morgan fingerprint density at radius 3 is 2.81 bits per heavy atom. The lowest BCUT2D eigenvalue weighted by atomic mass is 10.2. The van der Waals surface area contributed by atoms with E-state index in [4.69, 9.17) is 5.26 Å². The number of hydrogen-bond donors (Lipinski definition) is 2. The van der Waals surface area contributed by atoms with Gasteiger partial charge >= 0.3 is 0 Å². The molecule has 2 N–H and O–H groups in total. The molecule has 1 rings (SSSR count). The van der Waals surface area contributed by atoms with Crippen molar-refractivity contribution in [2.24, 2.45) is 0 Å². The number of amides is 1. The summed E-state index contributed by atoms with van der Waals surface area (Å²) in [6, 6.07) is 6.15. The van der Waals surface area contributed by atoms with Gasteiger partial charge in [-0.25, -0.2) is 0 Å². The highest BCUT2D eigenvalue weighted by Crippen LogP contribution is 2.25. The molecule has 21 heavy (non-hydrogen) atoms. The largest absolute Gasteiger partial charge is 0.379 e. The highest BCUT2D eigenvalue weighted by molar-refractivity contribution is 5.77. The number of nitrogens with zero attached hydrogens (tertiary/aromatic N) is 2. The van der Waals surface area contributed by atoms with Crippen LogP contribution in [0.15, 0.2) is 18.2 Å². The highest BCUT2D eigenvalue weighted by Gasteiger charge is 2.14. The van der Waals surface area contributed by atoms with Crippen molar-refractivity contribution >= 4 is 17.3 Å². The van der Waals surface area contributed by atoms with Crippen molar-refractivity contribution in [3.8, 4) is 6.07 Å². The summed E-state index contributed by atoms with van der Waals surface area (Å²) in [5.74, 6) is -0.104. The molecule has 0 aromatic heterocycles. The van der Waals surface area contributed by atoms with Crippen molar-refractivity contribution in [2.75, 3.05) is 11.9 Å². The Bertz CT molecular complexity index is 566. The fraction of sp³-hybridized carbons (Fsp3) is 0.429. The third-order valence-electron chi connectivity index (χ3n) is 3.01. The summed E-state index contributed by atoms with van der Waals surface area (Å²) in [6.07, 6.45) is 1.07. The summed E-state index contributed by atoms with van der Waals surface area (Å²) in [4.78, 5) is 22.0. The second-order valence-corrected chi connectivity index (χ2v) is 4.65. The number of nitriles is 1. The molecule has 112 valence electrons. The molecule has 0 radical (unpaired) electrons. The molecular weight excluding hydrogens is 272 g/mol. The number of rotatable bonds is 7. The number of nitro groups is 1. The molecule has 0 saturated heterocycles. The molecule has 1 atom stereocenters. The Labute approximate surface area is 123 Å². The lowest BCUT2D eigenvalue weighted by Crippen LogP contribution is -2.32. The molecule has 1 aromatic rings. The standard InChI is InChI=1S/C14H18N4O3/c1-3-10(2)17-14(19)6-7-16-12-5-4-11(9-15)8-13(12)18(20)21/h4-5,8,10,16H,3,6-7H2,1-2H3,(H,17,19). The normalized spacial score (nSPS) is 11.3. The van der Waals surface area contributed by atoms with Gasteiger partial charge in [0.25, 0.3) is 5.69 Å². The monoisotopic (exact) mass is 290 g/mol. The van der Waals surface area contributed by atoms with Crippen molar-refractivity contribution in [1.82, 2.24) is 5.32 Å². The van der Waals surface area contributed by atoms with Gasteiger partial charge in [-0.3, -0.25) is 14.9 Å². The van der Waals surface area contributed by atoms with Gasteiger partial charge in [0.1, 0.15) is 5.69 Å². The molecule has 1 amide bonds. The number of nitro benzene ring substituents is 1. The number of hydrogen-bond acceptors (Lipinski definition) is 5. The van der Waals surface area contributed by atoms with E-state index in [1.54, 1.807) is 0 Å². The number of nitrogens with one attached hydrogen (secondary N) is 2. The number of carbonyl (C=O) groups is 1. The van der Waals surface area contributed by atoms with Crippen LogP contribution in [0.4, 0.5) is 11.4 Å². The van der Waals surface area contributed by atoms with Crippen LogP contribution in [-0.4, -0.2) is 23.4 Å². The van der Waals surface area contributed by atoms with Gasteiger partial charge < -0.3 is 10.6 Å². The smallest absolute Gasteiger partial charge is 0.293 e. The van der Waals surface area contributed by atoms with Gasteiger partial charge in [0, 0.05) is 25.1 Å². The minimum atomic E-state index is -0.553. The zero-order valence-corrected chi connectivity index (χ0v) is 12.0. The summed E-state index contributed by atoms with van der Waals surface area (Å²) >= 11 is 0. The Hall–Kier alpha value is -2.62. The first-order valence-corrected chi connectivity index (χ1v) is 6.69. The maximum absolute atomic E-state index is 11.6. The molecule has 0 heterocycles. The molecule has 0 fully saturated rings. The molecule has 0 aliphatic rings. The van der Waals surface area contributed by atoms with Crippen molar-refractivity contribution < 1.29 is 9.72 Å². The topological polar surface area (TPSA) is 108 Å². The van der Waals surface area contributed by atoms with E-state index in [-0.39, 0.29) is 36.2 Å². The highest BCUT2D eigenvalue weighted by atomic mass is 16.6. The van der Waals surface area contributed by atoms with Gasteiger partial charge in [-0.05, 0) is 25.5 Å². The summed E-state index contributed by atoms with van der Waals surface area (Å²) < 4.78 is 0. The first kappa shape index (κ1) is 16.4. The van der Waals surface area contributed by atoms with Crippen LogP contribution in [0, 0.1) is 21.4 Å². The van der Waals surface area contributed by atoms with E-state index < -0.39 is 4.92 Å². The molecule has 0 saturated carbocycles. The first-order valence-electron chi connectivity index (χ1n) is 6.69. The Morgan fingerprint density at radius 1 is 1.52 bits per heavy atom. The Kier molecular flexibility index (Phi) is 6.14. The molecule has 1 aromatic carbocycles. The summed E-state index contributed by atoms with van der Waals surface area (Å²) in [5.41, 5.74) is 0.355. The van der Waals surface area contributed by atoms with Crippen LogP contribution in [0.1, 0.15) is 32.3 Å². The maximum Gasteiger partial charge on any atom is 0.293 e. The maximum atomic E-state index is 11.6. The molecule has 7 heteroatoms. The summed E-state index contributed by atoms with van der Waals surface area (Å²) in [7, 11) is 0. The predicted octanol–water partition coefficient (Wildman–Crippen LogP) is 2.18. The lowest BCUT2D eigenvalue weighted by molar-refractivity contribution is -0.384. The molecule has 0 aliphatic carbocycles. The van der Waals surface area contributed by atoms with E-state index >= 15 is 0 Å². The van der Waals surface area contributed by atoms with Crippen LogP contribution in [-0.2, 0) is 4.79 Å².